The van der Waals surface area contributed by atoms with Crippen molar-refractivity contribution in [1.29, 1.82) is 0 Å². The number of phenolic OH excluding ortho intramolecular Hbond substituents is 1. The summed E-state index contributed by atoms with van der Waals surface area (Å²) in [5.41, 5.74) is 0.755. The van der Waals surface area contributed by atoms with E-state index in [-0.39, 0.29) is 22.8 Å². The molecule has 0 unspecified atom stereocenters. The van der Waals surface area contributed by atoms with Gasteiger partial charge in [0, 0.05) is 11.0 Å². The zero-order valence-electron chi connectivity index (χ0n) is 14.0. The Labute approximate surface area is 164 Å². The molecule has 8 nitrogen and oxygen atoms in total. The van der Waals surface area contributed by atoms with Crippen molar-refractivity contribution in [2.75, 3.05) is 13.2 Å². The maximum Gasteiger partial charge on any atom is 0.342 e. The van der Waals surface area contributed by atoms with Crippen LogP contribution >= 0.6 is 15.9 Å². The van der Waals surface area contributed by atoms with Gasteiger partial charge in [0.15, 0.2) is 6.61 Å². The average molecular weight is 457 g/mol. The van der Waals surface area contributed by atoms with E-state index >= 15 is 0 Å². The zero-order chi connectivity index (χ0) is 20.0. The first-order valence-corrected chi connectivity index (χ1v) is 10.0. The van der Waals surface area contributed by atoms with Crippen molar-refractivity contribution in [3.63, 3.8) is 0 Å². The lowest BCUT2D eigenvalue weighted by Crippen LogP contribution is -2.30. The van der Waals surface area contributed by atoms with Crippen LogP contribution in [0.15, 0.2) is 51.8 Å². The van der Waals surface area contributed by atoms with E-state index in [0.29, 0.717) is 10.9 Å². The number of halogens is 1. The number of aromatic hydroxyl groups is 1. The highest BCUT2D eigenvalue weighted by Crippen LogP contribution is 2.22. The molecule has 27 heavy (non-hydrogen) atoms. The molecule has 0 aliphatic rings. The van der Waals surface area contributed by atoms with Crippen LogP contribution in [-0.4, -0.2) is 38.6 Å². The van der Waals surface area contributed by atoms with Gasteiger partial charge in [-0.3, -0.25) is 4.79 Å². The molecule has 0 bridgehead atoms. The molecule has 2 rings (SSSR count). The summed E-state index contributed by atoms with van der Waals surface area (Å²) in [4.78, 5) is 23.7. The van der Waals surface area contributed by atoms with Crippen molar-refractivity contribution in [3.05, 3.63) is 58.1 Å². The molecular formula is C17H17BrN2O6S. The summed E-state index contributed by atoms with van der Waals surface area (Å²) in [5.74, 6) is -1.56. The largest absolute Gasteiger partial charge is 0.507 e. The Hall–Kier alpha value is -2.43. The molecule has 0 atom stereocenters. The Balaban J connectivity index is 1.78. The van der Waals surface area contributed by atoms with Crippen molar-refractivity contribution in [3.8, 4) is 5.75 Å². The number of nitrogens with two attached hydrogens (primary N) is 1. The summed E-state index contributed by atoms with van der Waals surface area (Å²) < 4.78 is 27.8. The van der Waals surface area contributed by atoms with E-state index in [0.717, 1.165) is 5.56 Å². The van der Waals surface area contributed by atoms with E-state index in [1.54, 1.807) is 18.2 Å². The maximum atomic E-state index is 11.9. The number of carbonyl (C=O) groups excluding carboxylic acids is 2. The highest BCUT2D eigenvalue weighted by atomic mass is 79.9. The molecule has 0 saturated carbocycles. The number of ether oxygens (including phenoxy) is 1. The number of rotatable bonds is 7. The topological polar surface area (TPSA) is 136 Å². The Morgan fingerprint density at radius 2 is 1.81 bits per heavy atom. The molecule has 144 valence electrons. The minimum atomic E-state index is -3.74. The lowest BCUT2D eigenvalue weighted by Gasteiger charge is -2.08. The van der Waals surface area contributed by atoms with Crippen LogP contribution in [0.3, 0.4) is 0 Å². The Bertz CT molecular complexity index is 944. The van der Waals surface area contributed by atoms with Crippen molar-refractivity contribution in [2.24, 2.45) is 5.14 Å². The average Bonchev–Trinajstić information content (AvgIpc) is 2.61. The molecule has 2 aromatic carbocycles. The first kappa shape index (κ1) is 20.9. The fraction of sp³-hybridized carbons (Fsp3) is 0.176. The van der Waals surface area contributed by atoms with Crippen molar-refractivity contribution < 1.29 is 27.9 Å². The van der Waals surface area contributed by atoms with Gasteiger partial charge in [0.25, 0.3) is 5.91 Å². The van der Waals surface area contributed by atoms with Crippen LogP contribution in [0.5, 0.6) is 5.75 Å². The van der Waals surface area contributed by atoms with Gasteiger partial charge in [0.2, 0.25) is 10.0 Å². The highest BCUT2D eigenvalue weighted by molar-refractivity contribution is 9.10. The molecule has 0 radical (unpaired) electrons. The molecule has 0 aliphatic carbocycles. The van der Waals surface area contributed by atoms with E-state index < -0.39 is 28.5 Å². The second-order valence-corrected chi connectivity index (χ2v) is 8.00. The molecule has 4 N–H and O–H groups in total. The number of phenols is 1. The molecule has 0 aliphatic heterocycles. The highest BCUT2D eigenvalue weighted by Gasteiger charge is 2.15. The normalized spacial score (nSPS) is 11.0. The van der Waals surface area contributed by atoms with Gasteiger partial charge in [0.05, 0.1) is 4.90 Å². The second-order valence-electron chi connectivity index (χ2n) is 5.53. The first-order valence-electron chi connectivity index (χ1n) is 7.71. The van der Waals surface area contributed by atoms with Gasteiger partial charge in [-0.25, -0.2) is 18.4 Å². The van der Waals surface area contributed by atoms with E-state index in [4.69, 9.17) is 9.88 Å². The Kier molecular flexibility index (Phi) is 6.94. The smallest absolute Gasteiger partial charge is 0.342 e. The van der Waals surface area contributed by atoms with Crippen LogP contribution in [0.2, 0.25) is 0 Å². The van der Waals surface area contributed by atoms with E-state index in [1.165, 1.54) is 24.3 Å². The van der Waals surface area contributed by atoms with Gasteiger partial charge >= 0.3 is 5.97 Å². The number of esters is 1. The third-order valence-electron chi connectivity index (χ3n) is 3.50. The molecule has 0 aromatic heterocycles. The van der Waals surface area contributed by atoms with Gasteiger partial charge in [-0.2, -0.15) is 0 Å². The zero-order valence-corrected chi connectivity index (χ0v) is 16.4. The number of carbonyl (C=O) groups is 2. The van der Waals surface area contributed by atoms with Crippen molar-refractivity contribution >= 4 is 37.8 Å². The monoisotopic (exact) mass is 456 g/mol. The molecule has 0 spiro atoms. The predicted octanol–water partition coefficient (Wildman–Crippen LogP) is 1.32. The fourth-order valence-corrected chi connectivity index (χ4v) is 3.00. The SMILES string of the molecule is NS(=O)(=O)c1ccc(CCNC(=O)COC(=O)c2cc(Br)ccc2O)cc1. The predicted molar refractivity (Wildman–Crippen MR) is 101 cm³/mol. The number of nitrogens with one attached hydrogen (secondary N) is 1. The third-order valence-corrected chi connectivity index (χ3v) is 4.92. The Morgan fingerprint density at radius 3 is 2.44 bits per heavy atom. The number of benzene rings is 2. The molecule has 0 heterocycles. The summed E-state index contributed by atoms with van der Waals surface area (Å²) in [6.07, 6.45) is 0.455. The van der Waals surface area contributed by atoms with Crippen LogP contribution < -0.4 is 10.5 Å². The fourth-order valence-electron chi connectivity index (χ4n) is 2.12. The summed E-state index contributed by atoms with van der Waals surface area (Å²) in [5, 5.41) is 17.2. The van der Waals surface area contributed by atoms with Gasteiger partial charge in [-0.1, -0.05) is 28.1 Å². The third kappa shape index (κ3) is 6.35. The van der Waals surface area contributed by atoms with Crippen LogP contribution in [0.1, 0.15) is 15.9 Å². The standard InChI is InChI=1S/C17H17BrN2O6S/c18-12-3-6-15(21)14(9-12)17(23)26-10-16(22)20-8-7-11-1-4-13(5-2-11)27(19,24)25/h1-6,9,21H,7-8,10H2,(H,20,22)(H2,19,24,25). The van der Waals surface area contributed by atoms with Crippen LogP contribution in [0, 0.1) is 0 Å². The molecule has 0 fully saturated rings. The summed E-state index contributed by atoms with van der Waals surface area (Å²) in [7, 11) is -3.74. The molecular weight excluding hydrogens is 440 g/mol. The minimum Gasteiger partial charge on any atom is -0.507 e. The van der Waals surface area contributed by atoms with E-state index in [1.807, 2.05) is 0 Å². The van der Waals surface area contributed by atoms with Gasteiger partial charge in [-0.05, 0) is 42.3 Å². The molecule has 0 saturated heterocycles. The van der Waals surface area contributed by atoms with Crippen LogP contribution in [-0.2, 0) is 26.0 Å². The Morgan fingerprint density at radius 1 is 1.15 bits per heavy atom. The van der Waals surface area contributed by atoms with E-state index in [9.17, 15) is 23.1 Å². The minimum absolute atomic E-state index is 0.0120. The number of hydrogen-bond donors (Lipinski definition) is 3. The van der Waals surface area contributed by atoms with Gasteiger partial charge < -0.3 is 15.2 Å². The summed E-state index contributed by atoms with van der Waals surface area (Å²) >= 11 is 3.18. The number of sulfonamides is 1. The lowest BCUT2D eigenvalue weighted by atomic mass is 10.1. The maximum absolute atomic E-state index is 11.9. The van der Waals surface area contributed by atoms with Crippen molar-refractivity contribution in [2.45, 2.75) is 11.3 Å². The first-order chi connectivity index (χ1) is 12.7. The molecule has 10 heteroatoms. The lowest BCUT2D eigenvalue weighted by molar-refractivity contribution is -0.124. The number of amides is 1. The van der Waals surface area contributed by atoms with Gasteiger partial charge in [0.1, 0.15) is 11.3 Å². The van der Waals surface area contributed by atoms with Crippen molar-refractivity contribution in [1.82, 2.24) is 5.32 Å². The summed E-state index contributed by atoms with van der Waals surface area (Å²) in [6.45, 7) is -0.220. The van der Waals surface area contributed by atoms with E-state index in [2.05, 4.69) is 21.2 Å². The molecule has 2 aromatic rings. The summed E-state index contributed by atoms with van der Waals surface area (Å²) in [6, 6.07) is 10.3. The van der Waals surface area contributed by atoms with Crippen LogP contribution in [0.25, 0.3) is 0 Å². The second kappa shape index (κ2) is 8.98. The quantitative estimate of drug-likeness (QED) is 0.537. The van der Waals surface area contributed by atoms with Gasteiger partial charge in [-0.15, -0.1) is 0 Å². The van der Waals surface area contributed by atoms with Crippen LogP contribution in [0.4, 0.5) is 0 Å². The number of primary sulfonamides is 1. The number of hydrogen-bond acceptors (Lipinski definition) is 6. The molecule has 1 amide bonds.